The van der Waals surface area contributed by atoms with E-state index in [1.807, 2.05) is 19.9 Å². The van der Waals surface area contributed by atoms with Crippen LogP contribution in [0.15, 0.2) is 6.07 Å². The number of benzene rings is 1. The molecule has 0 saturated heterocycles. The van der Waals surface area contributed by atoms with Gasteiger partial charge in [0.2, 0.25) is 0 Å². The standard InChI is InChI=1S/C13H21NO4/c1-8-9(2)13(18-4)11(5-12(8)17-3)14-6-10(16)7-15/h5,10,14-16H,6-7H2,1-4H3. The first-order valence-electron chi connectivity index (χ1n) is 5.80. The molecule has 0 amide bonds. The fraction of sp³-hybridized carbons (Fsp3) is 0.538. The number of anilines is 1. The highest BCUT2D eigenvalue weighted by Gasteiger charge is 2.14. The molecule has 5 nitrogen and oxygen atoms in total. The minimum Gasteiger partial charge on any atom is -0.496 e. The zero-order valence-corrected chi connectivity index (χ0v) is 11.3. The second-order valence-corrected chi connectivity index (χ2v) is 4.13. The summed E-state index contributed by atoms with van der Waals surface area (Å²) in [6, 6.07) is 1.82. The molecule has 1 unspecified atom stereocenters. The molecular formula is C13H21NO4. The Morgan fingerprint density at radius 2 is 1.89 bits per heavy atom. The number of aliphatic hydroxyl groups excluding tert-OH is 2. The summed E-state index contributed by atoms with van der Waals surface area (Å²) in [5.41, 5.74) is 2.74. The van der Waals surface area contributed by atoms with Gasteiger partial charge in [-0.05, 0) is 25.0 Å². The van der Waals surface area contributed by atoms with Crippen molar-refractivity contribution >= 4 is 5.69 Å². The lowest BCUT2D eigenvalue weighted by atomic mass is 10.1. The molecular weight excluding hydrogens is 234 g/mol. The third-order valence-electron chi connectivity index (χ3n) is 2.96. The number of rotatable bonds is 6. The monoisotopic (exact) mass is 255 g/mol. The molecule has 3 N–H and O–H groups in total. The largest absolute Gasteiger partial charge is 0.496 e. The lowest BCUT2D eigenvalue weighted by molar-refractivity contribution is 0.105. The number of methoxy groups -OCH3 is 2. The third kappa shape index (κ3) is 3.05. The van der Waals surface area contributed by atoms with E-state index in [4.69, 9.17) is 14.6 Å². The van der Waals surface area contributed by atoms with Crippen molar-refractivity contribution in [3.8, 4) is 11.5 Å². The van der Waals surface area contributed by atoms with Gasteiger partial charge in [-0.25, -0.2) is 0 Å². The van der Waals surface area contributed by atoms with E-state index in [0.29, 0.717) is 0 Å². The summed E-state index contributed by atoms with van der Waals surface area (Å²) < 4.78 is 10.7. The molecule has 0 aromatic heterocycles. The summed E-state index contributed by atoms with van der Waals surface area (Å²) in [6.45, 7) is 3.88. The smallest absolute Gasteiger partial charge is 0.145 e. The van der Waals surface area contributed by atoms with E-state index in [2.05, 4.69) is 5.32 Å². The molecule has 0 saturated carbocycles. The van der Waals surface area contributed by atoms with Crippen LogP contribution in [-0.2, 0) is 0 Å². The molecule has 0 aliphatic heterocycles. The predicted octanol–water partition coefficient (Wildman–Crippen LogP) is 1.09. The molecule has 0 aliphatic rings. The number of ether oxygens (including phenoxy) is 2. The van der Waals surface area contributed by atoms with Crippen molar-refractivity contribution in [2.75, 3.05) is 32.7 Å². The molecule has 102 valence electrons. The maximum Gasteiger partial charge on any atom is 0.145 e. The van der Waals surface area contributed by atoms with E-state index >= 15 is 0 Å². The van der Waals surface area contributed by atoms with Crippen LogP contribution in [0.4, 0.5) is 5.69 Å². The van der Waals surface area contributed by atoms with E-state index in [0.717, 1.165) is 28.3 Å². The van der Waals surface area contributed by atoms with E-state index in [-0.39, 0.29) is 13.2 Å². The first-order valence-corrected chi connectivity index (χ1v) is 5.80. The Labute approximate surface area is 107 Å². The Balaban J connectivity index is 3.05. The minimum absolute atomic E-state index is 0.249. The number of aliphatic hydroxyl groups is 2. The highest BCUT2D eigenvalue weighted by molar-refractivity contribution is 5.66. The van der Waals surface area contributed by atoms with E-state index in [1.54, 1.807) is 14.2 Å². The zero-order valence-electron chi connectivity index (χ0n) is 11.3. The molecule has 5 heteroatoms. The quantitative estimate of drug-likeness (QED) is 0.709. The summed E-state index contributed by atoms with van der Waals surface area (Å²) in [5.74, 6) is 1.48. The SMILES string of the molecule is COc1cc(NCC(O)CO)c(OC)c(C)c1C. The van der Waals surface area contributed by atoms with Crippen molar-refractivity contribution in [1.29, 1.82) is 0 Å². The predicted molar refractivity (Wildman–Crippen MR) is 70.6 cm³/mol. The van der Waals surface area contributed by atoms with Crippen LogP contribution in [0.3, 0.4) is 0 Å². The number of hydrogen-bond acceptors (Lipinski definition) is 5. The lowest BCUT2D eigenvalue weighted by Crippen LogP contribution is -2.23. The van der Waals surface area contributed by atoms with Gasteiger partial charge in [-0.3, -0.25) is 0 Å². The first-order chi connectivity index (χ1) is 8.54. The normalized spacial score (nSPS) is 12.1. The van der Waals surface area contributed by atoms with Crippen LogP contribution in [0, 0.1) is 13.8 Å². The van der Waals surface area contributed by atoms with Gasteiger partial charge in [0.25, 0.3) is 0 Å². The van der Waals surface area contributed by atoms with Crippen LogP contribution >= 0.6 is 0 Å². The van der Waals surface area contributed by atoms with Crippen molar-refractivity contribution < 1.29 is 19.7 Å². The van der Waals surface area contributed by atoms with Crippen molar-refractivity contribution in [2.45, 2.75) is 20.0 Å². The summed E-state index contributed by atoms with van der Waals surface area (Å²) in [4.78, 5) is 0. The highest BCUT2D eigenvalue weighted by Crippen LogP contribution is 2.36. The van der Waals surface area contributed by atoms with E-state index < -0.39 is 6.10 Å². The molecule has 1 rings (SSSR count). The minimum atomic E-state index is -0.803. The van der Waals surface area contributed by atoms with Crippen molar-refractivity contribution in [1.82, 2.24) is 0 Å². The van der Waals surface area contributed by atoms with Gasteiger partial charge >= 0.3 is 0 Å². The highest BCUT2D eigenvalue weighted by atomic mass is 16.5. The van der Waals surface area contributed by atoms with Crippen LogP contribution in [0.5, 0.6) is 11.5 Å². The van der Waals surface area contributed by atoms with Gasteiger partial charge in [0, 0.05) is 12.6 Å². The van der Waals surface area contributed by atoms with Crippen LogP contribution in [-0.4, -0.2) is 43.7 Å². The van der Waals surface area contributed by atoms with Gasteiger partial charge in [0.05, 0.1) is 32.6 Å². The third-order valence-corrected chi connectivity index (χ3v) is 2.96. The van der Waals surface area contributed by atoms with E-state index in [9.17, 15) is 5.11 Å². The fourth-order valence-corrected chi connectivity index (χ4v) is 1.76. The zero-order chi connectivity index (χ0) is 13.7. The maximum atomic E-state index is 9.35. The second kappa shape index (κ2) is 6.47. The molecule has 0 radical (unpaired) electrons. The molecule has 18 heavy (non-hydrogen) atoms. The summed E-state index contributed by atoms with van der Waals surface area (Å²) in [6.07, 6.45) is -0.803. The van der Waals surface area contributed by atoms with Gasteiger partial charge in [-0.15, -0.1) is 0 Å². The van der Waals surface area contributed by atoms with Gasteiger partial charge in [0.1, 0.15) is 11.5 Å². The molecule has 0 heterocycles. The molecule has 1 aromatic rings. The summed E-state index contributed by atoms with van der Waals surface area (Å²) >= 11 is 0. The Morgan fingerprint density at radius 1 is 1.22 bits per heavy atom. The Bertz CT molecular complexity index is 406. The maximum absolute atomic E-state index is 9.35. The Hall–Kier alpha value is -1.46. The molecule has 0 aliphatic carbocycles. The summed E-state index contributed by atoms with van der Waals surface area (Å²) in [7, 11) is 3.21. The van der Waals surface area contributed by atoms with Gasteiger partial charge in [-0.2, -0.15) is 0 Å². The van der Waals surface area contributed by atoms with Crippen LogP contribution in [0.25, 0.3) is 0 Å². The number of hydrogen-bond donors (Lipinski definition) is 3. The molecule has 0 fully saturated rings. The molecule has 1 atom stereocenters. The average molecular weight is 255 g/mol. The second-order valence-electron chi connectivity index (χ2n) is 4.13. The average Bonchev–Trinajstić information content (AvgIpc) is 2.39. The number of nitrogens with one attached hydrogen (secondary N) is 1. The lowest BCUT2D eigenvalue weighted by Gasteiger charge is -2.18. The molecule has 1 aromatic carbocycles. The van der Waals surface area contributed by atoms with Crippen LogP contribution < -0.4 is 14.8 Å². The fourth-order valence-electron chi connectivity index (χ4n) is 1.76. The Kier molecular flexibility index (Phi) is 5.25. The van der Waals surface area contributed by atoms with Gasteiger partial charge < -0.3 is 25.0 Å². The van der Waals surface area contributed by atoms with Gasteiger partial charge in [0.15, 0.2) is 0 Å². The van der Waals surface area contributed by atoms with Crippen LogP contribution in [0.1, 0.15) is 11.1 Å². The molecule has 0 spiro atoms. The van der Waals surface area contributed by atoms with Crippen molar-refractivity contribution in [2.24, 2.45) is 0 Å². The van der Waals surface area contributed by atoms with Gasteiger partial charge in [-0.1, -0.05) is 0 Å². The van der Waals surface area contributed by atoms with E-state index in [1.165, 1.54) is 0 Å². The molecule has 0 bridgehead atoms. The van der Waals surface area contributed by atoms with Crippen molar-refractivity contribution in [3.63, 3.8) is 0 Å². The summed E-state index contributed by atoms with van der Waals surface area (Å²) in [5, 5.41) is 21.2. The Morgan fingerprint density at radius 3 is 2.39 bits per heavy atom. The first kappa shape index (κ1) is 14.6. The van der Waals surface area contributed by atoms with Crippen LogP contribution in [0.2, 0.25) is 0 Å². The topological polar surface area (TPSA) is 71.0 Å². The van der Waals surface area contributed by atoms with Crippen molar-refractivity contribution in [3.05, 3.63) is 17.2 Å².